The van der Waals surface area contributed by atoms with Gasteiger partial charge in [-0.15, -0.1) is 0 Å². The minimum Gasteiger partial charge on any atom is -0.497 e. The van der Waals surface area contributed by atoms with Gasteiger partial charge in [-0.05, 0) is 69.2 Å². The fraction of sp³-hybridized carbons (Fsp3) is 0.417. The third-order valence-corrected chi connectivity index (χ3v) is 5.38. The lowest BCUT2D eigenvalue weighted by molar-refractivity contribution is -0.143. The summed E-state index contributed by atoms with van der Waals surface area (Å²) in [6.07, 6.45) is 0.442. The number of rotatable bonds is 9. The lowest BCUT2D eigenvalue weighted by atomic mass is 10.1. The molecule has 2 amide bonds. The SMILES string of the molecule is CC[C@H](C(=O)NC(C)(C)C)N(Cc1ccc(Cl)c(Cl)c1)C(=O)COc1ccc(OC)cc1. The van der Waals surface area contributed by atoms with Crippen LogP contribution in [0, 0.1) is 0 Å². The van der Waals surface area contributed by atoms with Crippen LogP contribution in [0.3, 0.4) is 0 Å². The third kappa shape index (κ3) is 7.61. The van der Waals surface area contributed by atoms with Gasteiger partial charge in [0.25, 0.3) is 5.91 Å². The summed E-state index contributed by atoms with van der Waals surface area (Å²) in [7, 11) is 1.58. The predicted octanol–water partition coefficient (Wildman–Crippen LogP) is 5.10. The van der Waals surface area contributed by atoms with E-state index in [1.54, 1.807) is 49.6 Å². The van der Waals surface area contributed by atoms with Gasteiger partial charge in [-0.25, -0.2) is 0 Å². The van der Waals surface area contributed by atoms with Gasteiger partial charge in [-0.3, -0.25) is 9.59 Å². The first-order valence-electron chi connectivity index (χ1n) is 10.4. The van der Waals surface area contributed by atoms with Crippen molar-refractivity contribution in [3.63, 3.8) is 0 Å². The van der Waals surface area contributed by atoms with E-state index in [-0.39, 0.29) is 25.0 Å². The van der Waals surface area contributed by atoms with Crippen LogP contribution in [0.4, 0.5) is 0 Å². The summed E-state index contributed by atoms with van der Waals surface area (Å²) in [5, 5.41) is 3.78. The smallest absolute Gasteiger partial charge is 0.261 e. The molecule has 0 aliphatic heterocycles. The number of ether oxygens (including phenoxy) is 2. The third-order valence-electron chi connectivity index (χ3n) is 4.64. The number of hydrogen-bond acceptors (Lipinski definition) is 4. The normalized spacial score (nSPS) is 12.1. The molecule has 32 heavy (non-hydrogen) atoms. The molecule has 0 unspecified atom stereocenters. The van der Waals surface area contributed by atoms with Crippen molar-refractivity contribution in [3.05, 3.63) is 58.1 Å². The lowest BCUT2D eigenvalue weighted by Crippen LogP contribution is -2.54. The monoisotopic (exact) mass is 480 g/mol. The Morgan fingerprint density at radius 1 is 1.03 bits per heavy atom. The molecular weight excluding hydrogens is 451 g/mol. The first kappa shape index (κ1) is 25.8. The molecule has 0 spiro atoms. The highest BCUT2D eigenvalue weighted by Gasteiger charge is 2.31. The molecule has 8 heteroatoms. The fourth-order valence-electron chi connectivity index (χ4n) is 3.11. The minimum atomic E-state index is -0.671. The zero-order chi connectivity index (χ0) is 23.9. The number of halogens is 2. The van der Waals surface area contributed by atoms with Crippen molar-refractivity contribution in [1.29, 1.82) is 0 Å². The predicted molar refractivity (Wildman–Crippen MR) is 127 cm³/mol. The van der Waals surface area contributed by atoms with E-state index in [1.165, 1.54) is 4.90 Å². The van der Waals surface area contributed by atoms with Crippen LogP contribution in [0.25, 0.3) is 0 Å². The van der Waals surface area contributed by atoms with Crippen LogP contribution in [0.5, 0.6) is 11.5 Å². The molecule has 2 aromatic carbocycles. The van der Waals surface area contributed by atoms with Crippen LogP contribution in [0.1, 0.15) is 39.7 Å². The Kier molecular flexibility index (Phi) is 9.22. The van der Waals surface area contributed by atoms with Gasteiger partial charge >= 0.3 is 0 Å². The minimum absolute atomic E-state index is 0.192. The van der Waals surface area contributed by atoms with Gasteiger partial charge in [0.1, 0.15) is 17.5 Å². The second-order valence-electron chi connectivity index (χ2n) is 8.40. The molecule has 6 nitrogen and oxygen atoms in total. The number of hydrogen-bond donors (Lipinski definition) is 1. The van der Waals surface area contributed by atoms with Gasteiger partial charge in [0.15, 0.2) is 6.61 Å². The first-order valence-corrected chi connectivity index (χ1v) is 11.1. The molecule has 2 rings (SSSR count). The summed E-state index contributed by atoms with van der Waals surface area (Å²) < 4.78 is 10.8. The van der Waals surface area contributed by atoms with Gasteiger partial charge in [0.05, 0.1) is 17.2 Å². The Balaban J connectivity index is 2.24. The summed E-state index contributed by atoms with van der Waals surface area (Å²) in [6, 6.07) is 11.4. The number of carbonyl (C=O) groups excluding carboxylic acids is 2. The number of methoxy groups -OCH3 is 1. The Hall–Kier alpha value is -2.44. The van der Waals surface area contributed by atoms with Crippen molar-refractivity contribution in [3.8, 4) is 11.5 Å². The van der Waals surface area contributed by atoms with Crippen LogP contribution < -0.4 is 14.8 Å². The molecule has 0 aliphatic rings. The first-order chi connectivity index (χ1) is 15.0. The van der Waals surface area contributed by atoms with Gasteiger partial charge in [-0.2, -0.15) is 0 Å². The highest BCUT2D eigenvalue weighted by atomic mass is 35.5. The van der Waals surface area contributed by atoms with Crippen molar-refractivity contribution in [2.24, 2.45) is 0 Å². The largest absolute Gasteiger partial charge is 0.497 e. The van der Waals surface area contributed by atoms with Crippen LogP contribution in [0.15, 0.2) is 42.5 Å². The average molecular weight is 481 g/mol. The summed E-state index contributed by atoms with van der Waals surface area (Å²) in [6.45, 7) is 7.54. The quantitative estimate of drug-likeness (QED) is 0.541. The molecule has 0 fully saturated rings. The summed E-state index contributed by atoms with van der Waals surface area (Å²) in [4.78, 5) is 27.7. The highest BCUT2D eigenvalue weighted by Crippen LogP contribution is 2.24. The van der Waals surface area contributed by atoms with E-state index in [9.17, 15) is 9.59 Å². The van der Waals surface area contributed by atoms with Gasteiger partial charge in [0, 0.05) is 12.1 Å². The Bertz CT molecular complexity index is 927. The molecule has 0 aromatic heterocycles. The van der Waals surface area contributed by atoms with Crippen LogP contribution in [0.2, 0.25) is 10.0 Å². The van der Waals surface area contributed by atoms with Crippen molar-refractivity contribution < 1.29 is 19.1 Å². The lowest BCUT2D eigenvalue weighted by Gasteiger charge is -2.33. The molecule has 0 saturated heterocycles. The fourth-order valence-corrected chi connectivity index (χ4v) is 3.43. The maximum atomic E-state index is 13.2. The van der Waals surface area contributed by atoms with Crippen molar-refractivity contribution in [2.75, 3.05) is 13.7 Å². The van der Waals surface area contributed by atoms with E-state index < -0.39 is 11.6 Å². The van der Waals surface area contributed by atoms with Crippen molar-refractivity contribution in [1.82, 2.24) is 10.2 Å². The maximum Gasteiger partial charge on any atom is 0.261 e. The summed E-state index contributed by atoms with van der Waals surface area (Å²) in [5.41, 5.74) is 0.335. The van der Waals surface area contributed by atoms with E-state index in [4.69, 9.17) is 32.7 Å². The van der Waals surface area contributed by atoms with Crippen LogP contribution in [-0.4, -0.2) is 42.0 Å². The summed E-state index contributed by atoms with van der Waals surface area (Å²) >= 11 is 12.2. The van der Waals surface area contributed by atoms with Gasteiger partial charge in [-0.1, -0.05) is 36.2 Å². The molecule has 2 aromatic rings. The second-order valence-corrected chi connectivity index (χ2v) is 9.21. The molecule has 174 valence electrons. The molecule has 1 atom stereocenters. The number of nitrogens with zero attached hydrogens (tertiary/aromatic N) is 1. The van der Waals surface area contributed by atoms with E-state index >= 15 is 0 Å². The standard InChI is InChI=1S/C24H30Cl2N2O4/c1-6-21(23(30)27-24(2,3)4)28(14-16-7-12-19(25)20(26)13-16)22(29)15-32-18-10-8-17(31-5)9-11-18/h7-13,21H,6,14-15H2,1-5H3,(H,27,30)/t21-/m1/s1. The molecule has 0 bridgehead atoms. The number of nitrogens with one attached hydrogen (secondary N) is 1. The molecule has 0 heterocycles. The number of benzene rings is 2. The van der Waals surface area contributed by atoms with E-state index in [0.717, 1.165) is 5.56 Å². The molecular formula is C24H30Cl2N2O4. The summed E-state index contributed by atoms with van der Waals surface area (Å²) in [5.74, 6) is 0.677. The Labute approximate surface area is 199 Å². The topological polar surface area (TPSA) is 67.9 Å². The van der Waals surface area contributed by atoms with Gasteiger partial charge in [0.2, 0.25) is 5.91 Å². The van der Waals surface area contributed by atoms with Crippen molar-refractivity contribution >= 4 is 35.0 Å². The molecule has 0 saturated carbocycles. The van der Waals surface area contributed by atoms with E-state index in [2.05, 4.69) is 5.32 Å². The number of amides is 2. The molecule has 0 radical (unpaired) electrons. The highest BCUT2D eigenvalue weighted by molar-refractivity contribution is 6.42. The number of carbonyl (C=O) groups is 2. The van der Waals surface area contributed by atoms with Crippen LogP contribution >= 0.6 is 23.2 Å². The van der Waals surface area contributed by atoms with Crippen LogP contribution in [-0.2, 0) is 16.1 Å². The Morgan fingerprint density at radius 2 is 1.66 bits per heavy atom. The maximum absolute atomic E-state index is 13.2. The van der Waals surface area contributed by atoms with E-state index in [0.29, 0.717) is 28.0 Å². The zero-order valence-electron chi connectivity index (χ0n) is 19.1. The van der Waals surface area contributed by atoms with E-state index in [1.807, 2.05) is 27.7 Å². The zero-order valence-corrected chi connectivity index (χ0v) is 20.6. The average Bonchev–Trinajstić information content (AvgIpc) is 2.73. The molecule has 1 N–H and O–H groups in total. The second kappa shape index (κ2) is 11.4. The Morgan fingerprint density at radius 3 is 2.19 bits per heavy atom. The van der Waals surface area contributed by atoms with Gasteiger partial charge < -0.3 is 19.7 Å². The molecule has 0 aliphatic carbocycles. The van der Waals surface area contributed by atoms with Crippen molar-refractivity contribution in [2.45, 2.75) is 52.2 Å².